The number of sulfonamides is 1. The minimum absolute atomic E-state index is 0.130. The van der Waals surface area contributed by atoms with Gasteiger partial charge >= 0.3 is 0 Å². The van der Waals surface area contributed by atoms with Crippen LogP contribution < -0.4 is 9.04 Å². The van der Waals surface area contributed by atoms with Crippen LogP contribution in [0.15, 0.2) is 58.4 Å². The van der Waals surface area contributed by atoms with Gasteiger partial charge in [0.05, 0.1) is 28.7 Å². The molecule has 4 nitrogen and oxygen atoms in total. The molecule has 0 bridgehead atoms. The maximum absolute atomic E-state index is 13.0. The average molecular weight is 431 g/mol. The first-order valence-corrected chi connectivity index (χ1v) is 9.65. The van der Waals surface area contributed by atoms with Crippen LogP contribution in [-0.2, 0) is 10.0 Å². The highest BCUT2D eigenvalue weighted by Gasteiger charge is 2.25. The fourth-order valence-electron chi connectivity index (χ4n) is 2.13. The van der Waals surface area contributed by atoms with Crippen molar-refractivity contribution in [2.45, 2.75) is 11.8 Å². The Hall–Kier alpha value is -1.50. The number of ether oxygens (including phenoxy) is 1. The Morgan fingerprint density at radius 1 is 1.29 bits per heavy atom. The van der Waals surface area contributed by atoms with E-state index in [1.165, 1.54) is 29.6 Å². The van der Waals surface area contributed by atoms with Gasteiger partial charge in [0.2, 0.25) is 0 Å². The van der Waals surface area contributed by atoms with Gasteiger partial charge in [-0.1, -0.05) is 23.7 Å². The second kappa shape index (κ2) is 7.59. The van der Waals surface area contributed by atoms with Gasteiger partial charge < -0.3 is 4.74 Å². The smallest absolute Gasteiger partial charge is 0.264 e. The van der Waals surface area contributed by atoms with Gasteiger partial charge in [-0.3, -0.25) is 4.31 Å². The lowest BCUT2D eigenvalue weighted by Gasteiger charge is -2.24. The normalized spacial score (nSPS) is 11.2. The van der Waals surface area contributed by atoms with E-state index in [-0.39, 0.29) is 11.4 Å². The van der Waals surface area contributed by atoms with Crippen molar-refractivity contribution in [2.75, 3.05) is 18.0 Å². The van der Waals surface area contributed by atoms with E-state index in [4.69, 9.17) is 16.3 Å². The number of hydrogen-bond donors (Lipinski definition) is 0. The molecule has 0 heterocycles. The number of nitrogens with zero attached hydrogens (tertiary/aromatic N) is 1. The van der Waals surface area contributed by atoms with Crippen molar-refractivity contribution in [3.8, 4) is 5.75 Å². The summed E-state index contributed by atoms with van der Waals surface area (Å²) >= 11 is 9.46. The number of methoxy groups -OCH3 is 1. The van der Waals surface area contributed by atoms with Gasteiger partial charge in [0, 0.05) is 5.02 Å². The molecule has 0 aliphatic carbocycles. The van der Waals surface area contributed by atoms with E-state index >= 15 is 0 Å². The van der Waals surface area contributed by atoms with Gasteiger partial charge in [0.25, 0.3) is 10.0 Å². The third-order valence-electron chi connectivity index (χ3n) is 3.45. The first-order valence-electron chi connectivity index (χ1n) is 7.04. The molecule has 2 aromatic rings. The maximum atomic E-state index is 13.0. The van der Waals surface area contributed by atoms with Gasteiger partial charge in [-0.15, -0.1) is 6.58 Å². The van der Waals surface area contributed by atoms with Crippen LogP contribution in [0.25, 0.3) is 0 Å². The molecule has 0 spiro atoms. The Balaban J connectivity index is 2.54. The lowest BCUT2D eigenvalue weighted by atomic mass is 10.2. The Bertz CT molecular complexity index is 868. The second-order valence-corrected chi connectivity index (χ2v) is 8.18. The molecule has 7 heteroatoms. The largest absolute Gasteiger partial charge is 0.496 e. The number of anilines is 1. The lowest BCUT2D eigenvalue weighted by Crippen LogP contribution is -2.31. The van der Waals surface area contributed by atoms with Crippen LogP contribution in [0.2, 0.25) is 5.02 Å². The summed E-state index contributed by atoms with van der Waals surface area (Å²) in [5.74, 6) is 0.558. The highest BCUT2D eigenvalue weighted by molar-refractivity contribution is 9.10. The van der Waals surface area contributed by atoms with Crippen molar-refractivity contribution in [3.05, 3.63) is 64.1 Å². The Morgan fingerprint density at radius 2 is 2.00 bits per heavy atom. The first-order chi connectivity index (χ1) is 11.3. The molecule has 0 aliphatic heterocycles. The third kappa shape index (κ3) is 3.77. The van der Waals surface area contributed by atoms with Crippen LogP contribution in [0.4, 0.5) is 5.69 Å². The van der Waals surface area contributed by atoms with Crippen molar-refractivity contribution in [1.82, 2.24) is 0 Å². The number of hydrogen-bond acceptors (Lipinski definition) is 3. The molecule has 0 unspecified atom stereocenters. The molecular formula is C17H17BrClNO3S. The fraction of sp³-hybridized carbons (Fsp3) is 0.176. The fourth-order valence-corrected chi connectivity index (χ4v) is 4.45. The van der Waals surface area contributed by atoms with Crippen molar-refractivity contribution < 1.29 is 13.2 Å². The Morgan fingerprint density at radius 3 is 2.54 bits per heavy atom. The van der Waals surface area contributed by atoms with Gasteiger partial charge in [-0.25, -0.2) is 8.42 Å². The van der Waals surface area contributed by atoms with Crippen LogP contribution >= 0.6 is 27.5 Å². The molecule has 0 aliphatic rings. The van der Waals surface area contributed by atoms with E-state index in [9.17, 15) is 8.42 Å². The summed E-state index contributed by atoms with van der Waals surface area (Å²) in [5.41, 5.74) is 1.36. The average Bonchev–Trinajstić information content (AvgIpc) is 2.55. The van der Waals surface area contributed by atoms with E-state index in [2.05, 4.69) is 22.5 Å². The summed E-state index contributed by atoms with van der Waals surface area (Å²) in [6, 6.07) is 9.76. The summed E-state index contributed by atoms with van der Waals surface area (Å²) in [5, 5.41) is 0.507. The molecule has 2 aromatic carbocycles. The number of halogens is 2. The van der Waals surface area contributed by atoms with Crippen molar-refractivity contribution in [2.24, 2.45) is 0 Å². The van der Waals surface area contributed by atoms with E-state index < -0.39 is 10.0 Å². The van der Waals surface area contributed by atoms with Crippen molar-refractivity contribution in [1.29, 1.82) is 0 Å². The van der Waals surface area contributed by atoms with E-state index in [0.717, 1.165) is 5.56 Å². The Labute approximate surface area is 155 Å². The van der Waals surface area contributed by atoms with E-state index in [1.54, 1.807) is 24.3 Å². The first kappa shape index (κ1) is 18.8. The SMILES string of the molecule is C=CCN(c1ccc(C)c(Cl)c1)S(=O)(=O)c1ccc(OC)c(Br)c1. The monoisotopic (exact) mass is 429 g/mol. The minimum Gasteiger partial charge on any atom is -0.496 e. The van der Waals surface area contributed by atoms with Crippen LogP contribution in [0.3, 0.4) is 0 Å². The molecule has 24 heavy (non-hydrogen) atoms. The highest BCUT2D eigenvalue weighted by atomic mass is 79.9. The third-order valence-corrected chi connectivity index (χ3v) is 6.27. The van der Waals surface area contributed by atoms with Crippen LogP contribution in [0.5, 0.6) is 5.75 Å². The van der Waals surface area contributed by atoms with Crippen molar-refractivity contribution in [3.63, 3.8) is 0 Å². The summed E-state index contributed by atoms with van der Waals surface area (Å²) < 4.78 is 33.1. The molecule has 0 N–H and O–H groups in total. The molecule has 0 atom stereocenters. The zero-order valence-electron chi connectivity index (χ0n) is 13.3. The predicted molar refractivity (Wildman–Crippen MR) is 102 cm³/mol. The van der Waals surface area contributed by atoms with Gasteiger partial charge in [0.1, 0.15) is 5.75 Å². The maximum Gasteiger partial charge on any atom is 0.264 e. The topological polar surface area (TPSA) is 46.6 Å². The second-order valence-electron chi connectivity index (χ2n) is 5.05. The quantitative estimate of drug-likeness (QED) is 0.618. The molecule has 0 radical (unpaired) electrons. The molecule has 0 fully saturated rings. The molecular weight excluding hydrogens is 414 g/mol. The van der Waals surface area contributed by atoms with E-state index in [1.807, 2.05) is 6.92 Å². The van der Waals surface area contributed by atoms with Crippen molar-refractivity contribution >= 4 is 43.2 Å². The zero-order chi connectivity index (χ0) is 17.9. The highest BCUT2D eigenvalue weighted by Crippen LogP contribution is 2.32. The minimum atomic E-state index is -3.78. The lowest BCUT2D eigenvalue weighted by molar-refractivity contribution is 0.411. The summed E-state index contributed by atoms with van der Waals surface area (Å²) in [7, 11) is -2.26. The molecule has 0 saturated carbocycles. The summed E-state index contributed by atoms with van der Waals surface area (Å²) in [6.45, 7) is 5.64. The molecule has 0 saturated heterocycles. The van der Waals surface area contributed by atoms with Crippen LogP contribution in [-0.4, -0.2) is 22.1 Å². The molecule has 0 aromatic heterocycles. The number of aryl methyl sites for hydroxylation is 1. The zero-order valence-corrected chi connectivity index (χ0v) is 16.5. The number of benzene rings is 2. The Kier molecular flexibility index (Phi) is 5.96. The summed E-state index contributed by atoms with van der Waals surface area (Å²) in [6.07, 6.45) is 1.53. The van der Waals surface area contributed by atoms with Gasteiger partial charge in [-0.2, -0.15) is 0 Å². The molecule has 0 amide bonds. The standard InChI is InChI=1S/C17H17BrClNO3S/c1-4-9-20(13-6-5-12(2)16(19)10-13)24(21,22)14-7-8-17(23-3)15(18)11-14/h4-8,10-11H,1,9H2,2-3H3. The molecule has 128 valence electrons. The van der Waals surface area contributed by atoms with Gasteiger partial charge in [0.15, 0.2) is 0 Å². The van der Waals surface area contributed by atoms with Gasteiger partial charge in [-0.05, 0) is 58.7 Å². The van der Waals surface area contributed by atoms with E-state index in [0.29, 0.717) is 20.9 Å². The summed E-state index contributed by atoms with van der Waals surface area (Å²) in [4.78, 5) is 0.147. The number of rotatable bonds is 6. The van der Waals surface area contributed by atoms with Crippen LogP contribution in [0.1, 0.15) is 5.56 Å². The van der Waals surface area contributed by atoms with Crippen LogP contribution in [0, 0.1) is 6.92 Å². The predicted octanol–water partition coefficient (Wildman–Crippen LogP) is 4.80. The molecule has 2 rings (SSSR count).